The van der Waals surface area contributed by atoms with Crippen molar-refractivity contribution in [3.8, 4) is 5.69 Å². The van der Waals surface area contributed by atoms with Crippen LogP contribution in [-0.2, 0) is 10.0 Å². The Hall–Kier alpha value is -2.42. The molecule has 0 radical (unpaired) electrons. The molecule has 2 heterocycles. The molecule has 25 heavy (non-hydrogen) atoms. The van der Waals surface area contributed by atoms with Gasteiger partial charge in [-0.25, -0.2) is 13.1 Å². The van der Waals surface area contributed by atoms with Gasteiger partial charge in [0.25, 0.3) is 15.9 Å². The summed E-state index contributed by atoms with van der Waals surface area (Å²) in [5, 5.41) is 7.19. The van der Waals surface area contributed by atoms with Crippen molar-refractivity contribution in [3.63, 3.8) is 0 Å². The molecule has 1 fully saturated rings. The Balaban J connectivity index is 1.63. The Bertz CT molecular complexity index is 914. The Morgan fingerprint density at radius 1 is 1.16 bits per heavy atom. The summed E-state index contributed by atoms with van der Waals surface area (Å²) in [5.41, 5.74) is 0.386. The number of fused-ring (bicyclic) bond motifs is 3. The molecule has 2 N–H and O–H groups in total. The lowest BCUT2D eigenvalue weighted by molar-refractivity contribution is 0.0923. The second kappa shape index (κ2) is 6.14. The third kappa shape index (κ3) is 2.99. The van der Waals surface area contributed by atoms with Crippen LogP contribution in [-0.4, -0.2) is 35.1 Å². The quantitative estimate of drug-likeness (QED) is 0.794. The van der Waals surface area contributed by atoms with E-state index in [4.69, 9.17) is 0 Å². The average molecular weight is 361 g/mol. The third-order valence-corrected chi connectivity index (χ3v) is 5.98. The van der Waals surface area contributed by atoms with Gasteiger partial charge in [-0.1, -0.05) is 37.8 Å². The molecule has 132 valence electrons. The number of nitrogens with one attached hydrogen (secondary N) is 2. The van der Waals surface area contributed by atoms with E-state index >= 15 is 0 Å². The second-order valence-corrected chi connectivity index (χ2v) is 8.06. The van der Waals surface area contributed by atoms with Gasteiger partial charge in [0.1, 0.15) is 4.90 Å². The number of para-hydroxylation sites is 1. The fraction of sp³-hybridized carbons (Fsp3) is 0.438. The van der Waals surface area contributed by atoms with Gasteiger partial charge < -0.3 is 5.32 Å². The predicted octanol–water partition coefficient (Wildman–Crippen LogP) is 1.83. The predicted molar refractivity (Wildman–Crippen MR) is 91.1 cm³/mol. The Morgan fingerprint density at radius 3 is 2.64 bits per heavy atom. The van der Waals surface area contributed by atoms with Crippen LogP contribution in [0.25, 0.3) is 5.69 Å². The number of nitrogens with zero attached hydrogens (tertiary/aromatic N) is 3. The van der Waals surface area contributed by atoms with Gasteiger partial charge >= 0.3 is 0 Å². The number of benzene rings is 1. The van der Waals surface area contributed by atoms with Crippen LogP contribution >= 0.6 is 0 Å². The second-order valence-electron chi connectivity index (χ2n) is 6.41. The van der Waals surface area contributed by atoms with Crippen molar-refractivity contribution in [2.45, 2.75) is 49.5 Å². The summed E-state index contributed by atoms with van der Waals surface area (Å²) in [6.45, 7) is 0. The van der Waals surface area contributed by atoms with Crippen molar-refractivity contribution in [1.29, 1.82) is 0 Å². The molecule has 1 aromatic carbocycles. The number of carbonyl (C=O) groups is 1. The monoisotopic (exact) mass is 361 g/mol. The van der Waals surface area contributed by atoms with E-state index in [1.165, 1.54) is 23.6 Å². The first-order valence-electron chi connectivity index (χ1n) is 8.45. The van der Waals surface area contributed by atoms with Gasteiger partial charge in [0, 0.05) is 6.04 Å². The molecule has 1 amide bonds. The first-order chi connectivity index (χ1) is 12.0. The molecule has 9 heteroatoms. The molecule has 2 aliphatic rings. The van der Waals surface area contributed by atoms with E-state index in [0.717, 1.165) is 25.7 Å². The van der Waals surface area contributed by atoms with Crippen molar-refractivity contribution in [3.05, 3.63) is 30.1 Å². The molecule has 2 aromatic rings. The van der Waals surface area contributed by atoms with Crippen LogP contribution < -0.4 is 10.0 Å². The summed E-state index contributed by atoms with van der Waals surface area (Å²) in [6, 6.07) is 6.61. The zero-order valence-electron chi connectivity index (χ0n) is 13.6. The topological polar surface area (TPSA) is 106 Å². The molecule has 0 atom stereocenters. The summed E-state index contributed by atoms with van der Waals surface area (Å²) in [7, 11) is -3.70. The molecule has 0 saturated heterocycles. The lowest BCUT2D eigenvalue weighted by Gasteiger charge is -2.17. The van der Waals surface area contributed by atoms with Crippen LogP contribution in [0, 0.1) is 0 Å². The highest BCUT2D eigenvalue weighted by Gasteiger charge is 2.31. The van der Waals surface area contributed by atoms with Crippen molar-refractivity contribution in [1.82, 2.24) is 20.1 Å². The van der Waals surface area contributed by atoms with Gasteiger partial charge in [-0.3, -0.25) is 4.79 Å². The summed E-state index contributed by atoms with van der Waals surface area (Å²) in [4.78, 5) is 16.7. The molecule has 0 spiro atoms. The lowest BCUT2D eigenvalue weighted by atomic mass is 10.1. The minimum Gasteiger partial charge on any atom is -0.347 e. The van der Waals surface area contributed by atoms with Crippen molar-refractivity contribution < 1.29 is 13.2 Å². The van der Waals surface area contributed by atoms with Gasteiger partial charge in [-0.2, -0.15) is 9.67 Å². The Labute approximate surface area is 145 Å². The molecule has 1 aliphatic heterocycles. The first kappa shape index (κ1) is 16.1. The van der Waals surface area contributed by atoms with E-state index < -0.39 is 10.0 Å². The number of hydrogen-bond donors (Lipinski definition) is 2. The fourth-order valence-electron chi connectivity index (χ4n) is 3.35. The number of carbonyl (C=O) groups excluding carboxylic acids is 1. The minimum atomic E-state index is -3.70. The first-order valence-corrected chi connectivity index (χ1v) is 9.93. The van der Waals surface area contributed by atoms with Crippen molar-refractivity contribution >= 4 is 21.9 Å². The van der Waals surface area contributed by atoms with E-state index in [9.17, 15) is 13.2 Å². The molecule has 1 aliphatic carbocycles. The van der Waals surface area contributed by atoms with Gasteiger partial charge in [0.2, 0.25) is 11.8 Å². The standard InChI is InChI=1S/C16H19N5O3S/c22-15(17-11-7-3-1-2-4-8-11)14-18-16-20-25(23,24)13-10-6-5-9-12(13)21(16)19-14/h5-6,9-11H,1-4,7-8H2,(H,17,22)(H,18,19,20). The van der Waals surface area contributed by atoms with E-state index in [1.807, 2.05) is 0 Å². The number of anilines is 1. The molecular weight excluding hydrogens is 342 g/mol. The average Bonchev–Trinajstić information content (AvgIpc) is 2.84. The normalized spacial score (nSPS) is 19.2. The molecule has 0 unspecified atom stereocenters. The summed E-state index contributed by atoms with van der Waals surface area (Å²) in [6.07, 6.45) is 6.50. The van der Waals surface area contributed by atoms with Crippen LogP contribution in [0.15, 0.2) is 29.2 Å². The van der Waals surface area contributed by atoms with Gasteiger partial charge in [-0.05, 0) is 25.0 Å². The number of rotatable bonds is 2. The van der Waals surface area contributed by atoms with Crippen LogP contribution in [0.5, 0.6) is 0 Å². The maximum absolute atomic E-state index is 12.5. The molecular formula is C16H19N5O3S. The van der Waals surface area contributed by atoms with E-state index in [1.54, 1.807) is 18.2 Å². The highest BCUT2D eigenvalue weighted by atomic mass is 32.2. The molecule has 8 nitrogen and oxygen atoms in total. The zero-order chi connectivity index (χ0) is 17.4. The minimum absolute atomic E-state index is 0.0290. The SMILES string of the molecule is O=C(NC1CCCCCC1)c1nc2n(n1)-c1ccccc1S(=O)(=O)N2. The lowest BCUT2D eigenvalue weighted by Crippen LogP contribution is -2.35. The number of aromatic nitrogens is 3. The van der Waals surface area contributed by atoms with E-state index in [-0.39, 0.29) is 28.6 Å². The maximum Gasteiger partial charge on any atom is 0.291 e. The van der Waals surface area contributed by atoms with Crippen LogP contribution in [0.1, 0.15) is 49.1 Å². The van der Waals surface area contributed by atoms with Gasteiger partial charge in [0.05, 0.1) is 5.69 Å². The number of hydrogen-bond acceptors (Lipinski definition) is 5. The highest BCUT2D eigenvalue weighted by Crippen LogP contribution is 2.29. The number of amides is 1. The summed E-state index contributed by atoms with van der Waals surface area (Å²) in [5.74, 6) is -0.367. The van der Waals surface area contributed by atoms with Gasteiger partial charge in [-0.15, -0.1) is 5.10 Å². The fourth-order valence-corrected chi connectivity index (χ4v) is 4.52. The van der Waals surface area contributed by atoms with Crippen LogP contribution in [0.3, 0.4) is 0 Å². The van der Waals surface area contributed by atoms with E-state index in [0.29, 0.717) is 5.69 Å². The largest absolute Gasteiger partial charge is 0.347 e. The van der Waals surface area contributed by atoms with Crippen molar-refractivity contribution in [2.75, 3.05) is 4.72 Å². The summed E-state index contributed by atoms with van der Waals surface area (Å²) >= 11 is 0. The third-order valence-electron chi connectivity index (χ3n) is 4.61. The highest BCUT2D eigenvalue weighted by molar-refractivity contribution is 7.92. The van der Waals surface area contributed by atoms with Crippen molar-refractivity contribution in [2.24, 2.45) is 0 Å². The maximum atomic E-state index is 12.5. The smallest absolute Gasteiger partial charge is 0.291 e. The summed E-state index contributed by atoms with van der Waals surface area (Å²) < 4.78 is 28.3. The molecule has 0 bridgehead atoms. The number of sulfonamides is 1. The molecule has 1 aromatic heterocycles. The zero-order valence-corrected chi connectivity index (χ0v) is 14.4. The van der Waals surface area contributed by atoms with Gasteiger partial charge in [0.15, 0.2) is 0 Å². The van der Waals surface area contributed by atoms with E-state index in [2.05, 4.69) is 20.1 Å². The molecule has 1 saturated carbocycles. The van der Waals surface area contributed by atoms with Crippen LogP contribution in [0.4, 0.5) is 5.95 Å². The van der Waals surface area contributed by atoms with Crippen LogP contribution in [0.2, 0.25) is 0 Å². The molecule has 4 rings (SSSR count). The Morgan fingerprint density at radius 2 is 1.88 bits per heavy atom. The Kier molecular flexibility index (Phi) is 3.95.